The summed E-state index contributed by atoms with van der Waals surface area (Å²) in [6.07, 6.45) is -3.87. The molecule has 0 bridgehead atoms. The first kappa shape index (κ1) is 28.8. The van der Waals surface area contributed by atoms with Gasteiger partial charge in [-0.05, 0) is 30.2 Å². The second kappa shape index (κ2) is 11.9. The summed E-state index contributed by atoms with van der Waals surface area (Å²) in [6.45, 7) is 2.83. The highest BCUT2D eigenvalue weighted by Crippen LogP contribution is 2.30. The number of benzene rings is 2. The fraction of sp³-hybridized carbons (Fsp3) is 0.480. The fourth-order valence-electron chi connectivity index (χ4n) is 4.69. The number of rotatable bonds is 8. The maximum absolute atomic E-state index is 14.1. The number of halogens is 5. The zero-order valence-electron chi connectivity index (χ0n) is 20.6. The Morgan fingerprint density at radius 3 is 2.45 bits per heavy atom. The molecule has 2 saturated heterocycles. The molecule has 2 aromatic rings. The van der Waals surface area contributed by atoms with Gasteiger partial charge in [-0.2, -0.15) is 13.2 Å². The number of nitrogens with zero attached hydrogens (tertiary/aromatic N) is 3. The summed E-state index contributed by atoms with van der Waals surface area (Å²) in [5, 5.41) is 3.18. The molecular formula is C25H29ClF4N4O3S. The highest BCUT2D eigenvalue weighted by atomic mass is 35.5. The van der Waals surface area contributed by atoms with Gasteiger partial charge < -0.3 is 10.2 Å². The van der Waals surface area contributed by atoms with Crippen LogP contribution in [0.25, 0.3) is 0 Å². The Morgan fingerprint density at radius 1 is 1.05 bits per heavy atom. The van der Waals surface area contributed by atoms with Crippen molar-refractivity contribution in [3.63, 3.8) is 0 Å². The molecule has 2 aliphatic heterocycles. The van der Waals surface area contributed by atoms with Gasteiger partial charge in [0.05, 0.1) is 17.9 Å². The van der Waals surface area contributed by atoms with Crippen LogP contribution < -0.4 is 5.32 Å². The molecule has 0 unspecified atom stereocenters. The first-order valence-corrected chi connectivity index (χ1v) is 14.2. The predicted molar refractivity (Wildman–Crippen MR) is 135 cm³/mol. The molecule has 2 heterocycles. The van der Waals surface area contributed by atoms with Crippen LogP contribution in [0.2, 0.25) is 5.02 Å². The fourth-order valence-corrected chi connectivity index (χ4v) is 6.63. The number of hydrogen-bond donors (Lipinski definition) is 1. The number of piperazine rings is 1. The van der Waals surface area contributed by atoms with E-state index in [2.05, 4.69) is 5.32 Å². The van der Waals surface area contributed by atoms with Gasteiger partial charge in [0.25, 0.3) is 0 Å². The molecule has 7 nitrogen and oxygen atoms in total. The molecule has 0 aromatic heterocycles. The van der Waals surface area contributed by atoms with Crippen molar-refractivity contribution in [1.29, 1.82) is 0 Å². The van der Waals surface area contributed by atoms with Crippen molar-refractivity contribution >= 4 is 27.5 Å². The molecule has 13 heteroatoms. The van der Waals surface area contributed by atoms with Gasteiger partial charge in [-0.25, -0.2) is 17.1 Å². The summed E-state index contributed by atoms with van der Waals surface area (Å²) in [7, 11) is -3.79. The van der Waals surface area contributed by atoms with Gasteiger partial charge in [-0.1, -0.05) is 35.9 Å². The van der Waals surface area contributed by atoms with Crippen LogP contribution in [0.15, 0.2) is 42.5 Å². The number of nitrogens with one attached hydrogen (secondary N) is 1. The molecule has 38 heavy (non-hydrogen) atoms. The van der Waals surface area contributed by atoms with E-state index < -0.39 is 33.3 Å². The second-order valence-corrected chi connectivity index (χ2v) is 11.9. The Labute approximate surface area is 224 Å². The molecule has 208 valence electrons. The molecule has 0 spiro atoms. The standard InChI is InChI=1S/C25H29ClF4N4O3S/c26-22-5-2-6-23(27)21(22)17-38(36,37)34-8-7-20(16-34)31-14-24(35)33-11-9-32(10-12-33)15-18-3-1-4-19(13-18)25(28,29)30/h1-6,13,20,31H,7-12,14-17H2/t20-/m0/s1. The number of hydrogen-bond acceptors (Lipinski definition) is 5. The second-order valence-electron chi connectivity index (χ2n) is 9.54. The molecule has 1 N–H and O–H groups in total. The summed E-state index contributed by atoms with van der Waals surface area (Å²) in [4.78, 5) is 16.4. The topological polar surface area (TPSA) is 73.0 Å². The number of amides is 1. The Balaban J connectivity index is 1.21. The first-order chi connectivity index (χ1) is 17.9. The lowest BCUT2D eigenvalue weighted by atomic mass is 10.1. The van der Waals surface area contributed by atoms with Crippen molar-refractivity contribution in [2.75, 3.05) is 45.8 Å². The van der Waals surface area contributed by atoms with E-state index in [9.17, 15) is 30.8 Å². The minimum Gasteiger partial charge on any atom is -0.339 e. The quantitative estimate of drug-likeness (QED) is 0.488. The van der Waals surface area contributed by atoms with E-state index in [1.165, 1.54) is 28.6 Å². The van der Waals surface area contributed by atoms with Gasteiger partial charge in [-0.15, -0.1) is 0 Å². The molecule has 0 aliphatic carbocycles. The average Bonchev–Trinajstić information content (AvgIpc) is 3.35. The maximum Gasteiger partial charge on any atom is 0.416 e. The third kappa shape index (κ3) is 7.23. The molecule has 4 rings (SSSR count). The number of sulfonamides is 1. The zero-order valence-corrected chi connectivity index (χ0v) is 22.1. The minimum absolute atomic E-state index is 0.0469. The first-order valence-electron chi connectivity index (χ1n) is 12.2. The predicted octanol–water partition coefficient (Wildman–Crippen LogP) is 3.34. The monoisotopic (exact) mass is 576 g/mol. The van der Waals surface area contributed by atoms with Crippen LogP contribution in [-0.2, 0) is 33.3 Å². The lowest BCUT2D eigenvalue weighted by molar-refractivity contribution is -0.137. The van der Waals surface area contributed by atoms with Crippen molar-refractivity contribution in [2.24, 2.45) is 0 Å². The lowest BCUT2D eigenvalue weighted by Crippen LogP contribution is -2.51. The van der Waals surface area contributed by atoms with Gasteiger partial charge in [0, 0.05) is 62.4 Å². The van der Waals surface area contributed by atoms with Crippen molar-refractivity contribution in [3.8, 4) is 0 Å². The highest BCUT2D eigenvalue weighted by Gasteiger charge is 2.33. The SMILES string of the molecule is O=C(CN[C@H]1CCN(S(=O)(=O)Cc2c(F)cccc2Cl)C1)N1CCN(Cc2cccc(C(F)(F)F)c2)CC1. The average molecular weight is 577 g/mol. The third-order valence-corrected chi connectivity index (χ3v) is 8.99. The van der Waals surface area contributed by atoms with Crippen LogP contribution in [-0.4, -0.2) is 80.3 Å². The van der Waals surface area contributed by atoms with E-state index in [1.54, 1.807) is 11.0 Å². The minimum atomic E-state index is -4.39. The van der Waals surface area contributed by atoms with Crippen LogP contribution in [0, 0.1) is 5.82 Å². The van der Waals surface area contributed by atoms with Crippen LogP contribution in [0.1, 0.15) is 23.1 Å². The van der Waals surface area contributed by atoms with Gasteiger partial charge >= 0.3 is 6.18 Å². The number of carbonyl (C=O) groups excluding carboxylic acids is 1. The summed E-state index contributed by atoms with van der Waals surface area (Å²) < 4.78 is 79.8. The van der Waals surface area contributed by atoms with Crippen LogP contribution in [0.3, 0.4) is 0 Å². The summed E-state index contributed by atoms with van der Waals surface area (Å²) in [5.41, 5.74) is -0.170. The molecule has 2 fully saturated rings. The van der Waals surface area contributed by atoms with Gasteiger partial charge in [0.1, 0.15) is 5.82 Å². The van der Waals surface area contributed by atoms with E-state index in [1.807, 2.05) is 4.90 Å². The Hall–Kier alpha value is -2.25. The molecule has 2 aliphatic rings. The van der Waals surface area contributed by atoms with Crippen molar-refractivity contribution in [2.45, 2.75) is 30.9 Å². The zero-order chi connectivity index (χ0) is 27.5. The molecule has 1 atom stereocenters. The van der Waals surface area contributed by atoms with Crippen LogP contribution in [0.4, 0.5) is 17.6 Å². The molecule has 0 saturated carbocycles. The maximum atomic E-state index is 14.1. The van der Waals surface area contributed by atoms with E-state index in [4.69, 9.17) is 11.6 Å². The van der Waals surface area contributed by atoms with E-state index in [0.717, 1.165) is 12.1 Å². The molecular weight excluding hydrogens is 548 g/mol. The van der Waals surface area contributed by atoms with Crippen LogP contribution in [0.5, 0.6) is 0 Å². The smallest absolute Gasteiger partial charge is 0.339 e. The Bertz CT molecular complexity index is 1230. The number of alkyl halides is 3. The lowest BCUT2D eigenvalue weighted by Gasteiger charge is -2.35. The number of carbonyl (C=O) groups is 1. The Kier molecular flexibility index (Phi) is 8.98. The Morgan fingerprint density at radius 2 is 1.76 bits per heavy atom. The van der Waals surface area contributed by atoms with Gasteiger partial charge in [0.2, 0.25) is 15.9 Å². The third-order valence-electron chi connectivity index (χ3n) is 6.86. The van der Waals surface area contributed by atoms with E-state index >= 15 is 0 Å². The molecule has 0 radical (unpaired) electrons. The molecule has 2 aromatic carbocycles. The van der Waals surface area contributed by atoms with Crippen LogP contribution >= 0.6 is 11.6 Å². The van der Waals surface area contributed by atoms with E-state index in [0.29, 0.717) is 44.7 Å². The van der Waals surface area contributed by atoms with Crippen molar-refractivity contribution in [3.05, 3.63) is 70.0 Å². The molecule has 1 amide bonds. The van der Waals surface area contributed by atoms with Gasteiger partial charge in [-0.3, -0.25) is 9.69 Å². The van der Waals surface area contributed by atoms with Crippen molar-refractivity contribution in [1.82, 2.24) is 19.4 Å². The van der Waals surface area contributed by atoms with Crippen molar-refractivity contribution < 1.29 is 30.8 Å². The summed E-state index contributed by atoms with van der Waals surface area (Å²) in [6, 6.07) is 9.06. The summed E-state index contributed by atoms with van der Waals surface area (Å²) >= 11 is 5.98. The normalized spacial score (nSPS) is 19.7. The largest absolute Gasteiger partial charge is 0.416 e. The van der Waals surface area contributed by atoms with Gasteiger partial charge in [0.15, 0.2) is 0 Å². The summed E-state index contributed by atoms with van der Waals surface area (Å²) in [5.74, 6) is -1.33. The van der Waals surface area contributed by atoms with E-state index in [-0.39, 0.29) is 42.2 Å². The highest BCUT2D eigenvalue weighted by molar-refractivity contribution is 7.88.